The van der Waals surface area contributed by atoms with Gasteiger partial charge in [-0.3, -0.25) is 9.20 Å². The first-order chi connectivity index (χ1) is 11.6. The van der Waals surface area contributed by atoms with E-state index in [0.717, 1.165) is 28.4 Å². The van der Waals surface area contributed by atoms with Crippen LogP contribution in [0.15, 0.2) is 30.5 Å². The van der Waals surface area contributed by atoms with Crippen LogP contribution in [0.2, 0.25) is 0 Å². The lowest BCUT2D eigenvalue weighted by Crippen LogP contribution is -2.25. The second-order valence-corrected chi connectivity index (χ2v) is 6.72. The number of hydrogen-bond donors (Lipinski definition) is 2. The van der Waals surface area contributed by atoms with Crippen LogP contribution in [0.3, 0.4) is 0 Å². The van der Waals surface area contributed by atoms with E-state index < -0.39 is 0 Å². The number of carbonyl (C=O) groups excluding carboxylic acids is 1. The van der Waals surface area contributed by atoms with E-state index in [1.807, 2.05) is 36.6 Å². The standard InChI is InChI=1S/C17H17N5OS/c1-10-15(24-17-21-20-11(2)22(10)17)16(23)18-8-7-12-9-19-14-6-4-3-5-13(12)14/h3-6,9,19H,7-8H2,1-2H3,(H,18,23). The van der Waals surface area contributed by atoms with Crippen molar-refractivity contribution in [3.8, 4) is 0 Å². The monoisotopic (exact) mass is 339 g/mol. The average molecular weight is 339 g/mol. The highest BCUT2D eigenvalue weighted by Crippen LogP contribution is 2.22. The first-order valence-electron chi connectivity index (χ1n) is 7.79. The van der Waals surface area contributed by atoms with Gasteiger partial charge in [0.15, 0.2) is 0 Å². The lowest BCUT2D eigenvalue weighted by Gasteiger charge is -2.04. The zero-order valence-electron chi connectivity index (χ0n) is 13.5. The molecule has 0 aliphatic heterocycles. The fourth-order valence-electron chi connectivity index (χ4n) is 3.00. The van der Waals surface area contributed by atoms with Crippen molar-refractivity contribution in [1.29, 1.82) is 0 Å². The first-order valence-corrected chi connectivity index (χ1v) is 8.61. The van der Waals surface area contributed by atoms with E-state index in [4.69, 9.17) is 0 Å². The maximum Gasteiger partial charge on any atom is 0.263 e. The largest absolute Gasteiger partial charge is 0.361 e. The van der Waals surface area contributed by atoms with Gasteiger partial charge in [0.05, 0.1) is 0 Å². The highest BCUT2D eigenvalue weighted by atomic mass is 32.1. The summed E-state index contributed by atoms with van der Waals surface area (Å²) in [7, 11) is 0. The van der Waals surface area contributed by atoms with Gasteiger partial charge in [0.1, 0.15) is 10.7 Å². The molecule has 0 atom stereocenters. The van der Waals surface area contributed by atoms with Crippen LogP contribution in [0.4, 0.5) is 0 Å². The average Bonchev–Trinajstić information content (AvgIpc) is 3.24. The van der Waals surface area contributed by atoms with Crippen molar-refractivity contribution in [3.05, 3.63) is 52.4 Å². The number of fused-ring (bicyclic) bond motifs is 2. The number of para-hydroxylation sites is 1. The summed E-state index contributed by atoms with van der Waals surface area (Å²) in [6, 6.07) is 8.19. The molecule has 0 bridgehead atoms. The van der Waals surface area contributed by atoms with Crippen LogP contribution in [0.25, 0.3) is 15.9 Å². The third-order valence-electron chi connectivity index (χ3n) is 4.21. The summed E-state index contributed by atoms with van der Waals surface area (Å²) in [5.41, 5.74) is 3.22. The zero-order valence-corrected chi connectivity index (χ0v) is 14.3. The number of aromatic nitrogens is 4. The molecule has 0 fully saturated rings. The van der Waals surface area contributed by atoms with Crippen LogP contribution < -0.4 is 5.32 Å². The Morgan fingerprint density at radius 1 is 1.29 bits per heavy atom. The number of hydrogen-bond acceptors (Lipinski definition) is 4. The SMILES string of the molecule is Cc1nnc2sc(C(=O)NCCc3c[nH]c4ccccc34)c(C)n12. The maximum atomic E-state index is 12.5. The summed E-state index contributed by atoms with van der Waals surface area (Å²) in [6.07, 6.45) is 2.80. The van der Waals surface area contributed by atoms with Crippen molar-refractivity contribution in [1.82, 2.24) is 24.9 Å². The smallest absolute Gasteiger partial charge is 0.263 e. The summed E-state index contributed by atoms with van der Waals surface area (Å²) >= 11 is 1.37. The van der Waals surface area contributed by atoms with Gasteiger partial charge in [-0.15, -0.1) is 10.2 Å². The molecule has 4 aromatic rings. The molecule has 3 aromatic heterocycles. The Kier molecular flexibility index (Phi) is 3.57. The molecule has 6 nitrogen and oxygen atoms in total. The Labute approximate surface area is 142 Å². The highest BCUT2D eigenvalue weighted by Gasteiger charge is 2.18. The fraction of sp³-hybridized carbons (Fsp3) is 0.235. The molecule has 24 heavy (non-hydrogen) atoms. The van der Waals surface area contributed by atoms with E-state index in [2.05, 4.69) is 32.6 Å². The number of H-pyrrole nitrogens is 1. The molecule has 2 N–H and O–H groups in total. The Hall–Kier alpha value is -2.67. The zero-order chi connectivity index (χ0) is 16.7. The van der Waals surface area contributed by atoms with Crippen LogP contribution in [-0.4, -0.2) is 32.0 Å². The Bertz CT molecular complexity index is 1040. The van der Waals surface area contributed by atoms with Crippen molar-refractivity contribution in [2.75, 3.05) is 6.54 Å². The molecule has 0 saturated carbocycles. The number of carbonyl (C=O) groups is 1. The third kappa shape index (κ3) is 2.37. The maximum absolute atomic E-state index is 12.5. The minimum Gasteiger partial charge on any atom is -0.361 e. The molecule has 0 aliphatic rings. The van der Waals surface area contributed by atoms with Crippen molar-refractivity contribution in [2.45, 2.75) is 20.3 Å². The van der Waals surface area contributed by atoms with Crippen LogP contribution >= 0.6 is 11.3 Å². The molecule has 0 saturated heterocycles. The van der Waals surface area contributed by atoms with Gasteiger partial charge < -0.3 is 10.3 Å². The molecule has 4 rings (SSSR count). The molecule has 0 spiro atoms. The summed E-state index contributed by atoms with van der Waals surface area (Å²) in [5, 5.41) is 12.3. The van der Waals surface area contributed by atoms with Crippen LogP contribution in [0, 0.1) is 13.8 Å². The van der Waals surface area contributed by atoms with Gasteiger partial charge in [0, 0.05) is 29.3 Å². The molecule has 1 aromatic carbocycles. The quantitative estimate of drug-likeness (QED) is 0.600. The molecule has 0 radical (unpaired) electrons. The van der Waals surface area contributed by atoms with E-state index in [1.165, 1.54) is 22.3 Å². The first kappa shape index (κ1) is 14.9. The second kappa shape index (κ2) is 5.76. The molecular weight excluding hydrogens is 322 g/mol. The van der Waals surface area contributed by atoms with Crippen molar-refractivity contribution in [3.63, 3.8) is 0 Å². The van der Waals surface area contributed by atoms with E-state index in [0.29, 0.717) is 11.4 Å². The number of aryl methyl sites for hydroxylation is 2. The number of nitrogens with one attached hydrogen (secondary N) is 2. The Morgan fingerprint density at radius 3 is 2.96 bits per heavy atom. The fourth-order valence-corrected chi connectivity index (χ4v) is 4.03. The topological polar surface area (TPSA) is 75.1 Å². The van der Waals surface area contributed by atoms with Crippen molar-refractivity contribution in [2.24, 2.45) is 0 Å². The molecular formula is C17H17N5OS. The molecule has 122 valence electrons. The lowest BCUT2D eigenvalue weighted by atomic mass is 10.1. The normalized spacial score (nSPS) is 11.4. The van der Waals surface area contributed by atoms with Gasteiger partial charge in [-0.1, -0.05) is 29.5 Å². The third-order valence-corrected chi connectivity index (χ3v) is 5.35. The number of rotatable bonds is 4. The van der Waals surface area contributed by atoms with Gasteiger partial charge in [-0.05, 0) is 31.9 Å². The predicted molar refractivity (Wildman–Crippen MR) is 94.7 cm³/mol. The summed E-state index contributed by atoms with van der Waals surface area (Å²) < 4.78 is 1.92. The van der Waals surface area contributed by atoms with E-state index in [1.54, 1.807) is 0 Å². The number of nitrogens with zero attached hydrogens (tertiary/aromatic N) is 3. The summed E-state index contributed by atoms with van der Waals surface area (Å²) in [6.45, 7) is 4.41. The molecule has 0 aliphatic carbocycles. The van der Waals surface area contributed by atoms with Gasteiger partial charge in [-0.2, -0.15) is 0 Å². The predicted octanol–water partition coefficient (Wildman–Crippen LogP) is 2.86. The van der Waals surface area contributed by atoms with Crippen LogP contribution in [-0.2, 0) is 6.42 Å². The number of amides is 1. The molecule has 0 unspecified atom stereocenters. The molecule has 3 heterocycles. The molecule has 7 heteroatoms. The van der Waals surface area contributed by atoms with Gasteiger partial charge in [0.25, 0.3) is 5.91 Å². The van der Waals surface area contributed by atoms with E-state index in [9.17, 15) is 4.79 Å². The molecule has 1 amide bonds. The minimum absolute atomic E-state index is 0.0535. The Morgan fingerprint density at radius 2 is 2.12 bits per heavy atom. The second-order valence-electron chi connectivity index (χ2n) is 5.75. The minimum atomic E-state index is -0.0535. The summed E-state index contributed by atoms with van der Waals surface area (Å²) in [4.78, 5) is 17.2. The number of benzene rings is 1. The lowest BCUT2D eigenvalue weighted by molar-refractivity contribution is 0.0957. The van der Waals surface area contributed by atoms with Crippen molar-refractivity contribution < 1.29 is 4.79 Å². The van der Waals surface area contributed by atoms with E-state index in [-0.39, 0.29) is 5.91 Å². The summed E-state index contributed by atoms with van der Waals surface area (Å²) in [5.74, 6) is 0.749. The number of thiazole rings is 1. The Balaban J connectivity index is 1.47. The highest BCUT2D eigenvalue weighted by molar-refractivity contribution is 7.19. The number of aromatic amines is 1. The van der Waals surface area contributed by atoms with Crippen molar-refractivity contribution >= 4 is 33.1 Å². The van der Waals surface area contributed by atoms with Gasteiger partial charge in [-0.25, -0.2) is 0 Å². The van der Waals surface area contributed by atoms with E-state index >= 15 is 0 Å². The van der Waals surface area contributed by atoms with Gasteiger partial charge in [0.2, 0.25) is 4.96 Å². The van der Waals surface area contributed by atoms with Gasteiger partial charge >= 0.3 is 0 Å². The van der Waals surface area contributed by atoms with Crippen LogP contribution in [0.5, 0.6) is 0 Å². The van der Waals surface area contributed by atoms with Crippen LogP contribution in [0.1, 0.15) is 26.8 Å².